The van der Waals surface area contributed by atoms with Crippen LogP contribution in [0.15, 0.2) is 48.5 Å². The number of benzene rings is 2. The highest BCUT2D eigenvalue weighted by Gasteiger charge is 2.24. The van der Waals surface area contributed by atoms with E-state index in [0.29, 0.717) is 5.02 Å². The maximum absolute atomic E-state index is 13.2. The van der Waals surface area contributed by atoms with E-state index in [1.807, 2.05) is 25.1 Å². The lowest BCUT2D eigenvalue weighted by molar-refractivity contribution is 0.581. The monoisotopic (exact) mass is 249 g/mol. The van der Waals surface area contributed by atoms with Crippen molar-refractivity contribution in [3.63, 3.8) is 0 Å². The van der Waals surface area contributed by atoms with Gasteiger partial charge < -0.3 is 5.73 Å². The first-order chi connectivity index (χ1) is 8.00. The Bertz CT molecular complexity index is 490. The molecule has 0 aliphatic heterocycles. The molecular formula is C14H13ClFN. The molecule has 0 aromatic heterocycles. The van der Waals surface area contributed by atoms with E-state index in [0.717, 1.165) is 11.1 Å². The number of rotatable bonds is 2. The SMILES string of the molecule is CC(N)(c1cccc(F)c1)c1cccc(Cl)c1. The van der Waals surface area contributed by atoms with Crippen molar-refractivity contribution in [1.29, 1.82) is 0 Å². The first-order valence-electron chi connectivity index (χ1n) is 5.31. The van der Waals surface area contributed by atoms with Gasteiger partial charge in [0.15, 0.2) is 0 Å². The van der Waals surface area contributed by atoms with E-state index >= 15 is 0 Å². The van der Waals surface area contributed by atoms with E-state index in [4.69, 9.17) is 17.3 Å². The first-order valence-corrected chi connectivity index (χ1v) is 5.69. The lowest BCUT2D eigenvalue weighted by Crippen LogP contribution is -2.34. The van der Waals surface area contributed by atoms with Crippen LogP contribution in [-0.4, -0.2) is 0 Å². The second-order valence-electron chi connectivity index (χ2n) is 4.22. The topological polar surface area (TPSA) is 26.0 Å². The van der Waals surface area contributed by atoms with Gasteiger partial charge in [0.05, 0.1) is 5.54 Å². The summed E-state index contributed by atoms with van der Waals surface area (Å²) in [5, 5.41) is 0.621. The lowest BCUT2D eigenvalue weighted by Gasteiger charge is -2.26. The Labute approximate surface area is 105 Å². The summed E-state index contributed by atoms with van der Waals surface area (Å²) in [5.41, 5.74) is 7.09. The molecule has 0 aliphatic carbocycles. The maximum atomic E-state index is 13.2. The summed E-state index contributed by atoms with van der Waals surface area (Å²) in [4.78, 5) is 0. The molecule has 2 aromatic rings. The zero-order chi connectivity index (χ0) is 12.5. The predicted octanol–water partition coefficient (Wildman–Crippen LogP) is 3.70. The van der Waals surface area contributed by atoms with Crippen LogP contribution in [0.2, 0.25) is 5.02 Å². The Hall–Kier alpha value is -1.38. The molecule has 1 atom stereocenters. The largest absolute Gasteiger partial charge is 0.318 e. The van der Waals surface area contributed by atoms with Gasteiger partial charge in [0.1, 0.15) is 5.82 Å². The quantitative estimate of drug-likeness (QED) is 0.863. The summed E-state index contributed by atoms with van der Waals surface area (Å²) < 4.78 is 13.2. The van der Waals surface area contributed by atoms with Crippen molar-refractivity contribution >= 4 is 11.6 Å². The van der Waals surface area contributed by atoms with Crippen LogP contribution in [-0.2, 0) is 5.54 Å². The molecule has 1 nitrogen and oxygen atoms in total. The minimum Gasteiger partial charge on any atom is -0.318 e. The fourth-order valence-electron chi connectivity index (χ4n) is 1.79. The van der Waals surface area contributed by atoms with E-state index in [-0.39, 0.29) is 5.82 Å². The highest BCUT2D eigenvalue weighted by Crippen LogP contribution is 2.28. The van der Waals surface area contributed by atoms with Gasteiger partial charge >= 0.3 is 0 Å². The smallest absolute Gasteiger partial charge is 0.123 e. The highest BCUT2D eigenvalue weighted by atomic mass is 35.5. The van der Waals surface area contributed by atoms with Crippen LogP contribution in [0.25, 0.3) is 0 Å². The molecule has 88 valence electrons. The Balaban J connectivity index is 2.49. The number of hydrogen-bond acceptors (Lipinski definition) is 1. The minimum absolute atomic E-state index is 0.291. The molecule has 0 saturated heterocycles. The maximum Gasteiger partial charge on any atom is 0.123 e. The van der Waals surface area contributed by atoms with Crippen molar-refractivity contribution in [1.82, 2.24) is 0 Å². The second-order valence-corrected chi connectivity index (χ2v) is 4.66. The van der Waals surface area contributed by atoms with Crippen LogP contribution in [0.1, 0.15) is 18.1 Å². The summed E-state index contributed by atoms with van der Waals surface area (Å²) in [6, 6.07) is 13.6. The van der Waals surface area contributed by atoms with Crippen molar-refractivity contribution < 1.29 is 4.39 Å². The van der Waals surface area contributed by atoms with Gasteiger partial charge in [-0.3, -0.25) is 0 Å². The predicted molar refractivity (Wildman–Crippen MR) is 68.5 cm³/mol. The van der Waals surface area contributed by atoms with E-state index < -0.39 is 5.54 Å². The molecule has 2 rings (SSSR count). The molecule has 1 unspecified atom stereocenters. The number of hydrogen-bond donors (Lipinski definition) is 1. The van der Waals surface area contributed by atoms with E-state index in [1.165, 1.54) is 12.1 Å². The van der Waals surface area contributed by atoms with E-state index in [1.54, 1.807) is 18.2 Å². The molecule has 0 bridgehead atoms. The Morgan fingerprint density at radius 1 is 1.06 bits per heavy atom. The molecule has 2 aromatic carbocycles. The first kappa shape index (κ1) is 12.1. The van der Waals surface area contributed by atoms with Gasteiger partial charge in [-0.2, -0.15) is 0 Å². The average molecular weight is 250 g/mol. The molecule has 0 radical (unpaired) electrons. The zero-order valence-electron chi connectivity index (χ0n) is 9.45. The normalized spacial score (nSPS) is 14.4. The summed E-state index contributed by atoms with van der Waals surface area (Å²) in [5.74, 6) is -0.291. The van der Waals surface area contributed by atoms with Crippen LogP contribution in [0.5, 0.6) is 0 Å². The van der Waals surface area contributed by atoms with Gasteiger partial charge in [-0.25, -0.2) is 4.39 Å². The van der Waals surface area contributed by atoms with Crippen molar-refractivity contribution in [3.8, 4) is 0 Å². The van der Waals surface area contributed by atoms with Gasteiger partial charge in [0, 0.05) is 5.02 Å². The molecule has 0 aliphatic rings. The molecule has 0 saturated carbocycles. The van der Waals surface area contributed by atoms with Gasteiger partial charge in [0.25, 0.3) is 0 Å². The standard InChI is InChI=1S/C14H13ClFN/c1-14(17,10-4-2-6-12(15)8-10)11-5-3-7-13(16)9-11/h2-9H,17H2,1H3. The summed E-state index contributed by atoms with van der Waals surface area (Å²) in [6.07, 6.45) is 0. The number of nitrogens with two attached hydrogens (primary N) is 1. The van der Waals surface area contributed by atoms with E-state index in [2.05, 4.69) is 0 Å². The third kappa shape index (κ3) is 2.48. The van der Waals surface area contributed by atoms with E-state index in [9.17, 15) is 4.39 Å². The molecule has 2 N–H and O–H groups in total. The van der Waals surface area contributed by atoms with Crippen LogP contribution in [0.4, 0.5) is 4.39 Å². The minimum atomic E-state index is -0.757. The van der Waals surface area contributed by atoms with Crippen LogP contribution in [0, 0.1) is 5.82 Å². The Morgan fingerprint density at radius 2 is 1.65 bits per heavy atom. The van der Waals surface area contributed by atoms with Crippen molar-refractivity contribution in [3.05, 3.63) is 70.5 Å². The summed E-state index contributed by atoms with van der Waals surface area (Å²) >= 11 is 5.94. The van der Waals surface area contributed by atoms with Crippen LogP contribution < -0.4 is 5.73 Å². The average Bonchev–Trinajstić information content (AvgIpc) is 2.29. The van der Waals surface area contributed by atoms with Crippen molar-refractivity contribution in [2.24, 2.45) is 5.73 Å². The van der Waals surface area contributed by atoms with Gasteiger partial charge in [-0.05, 0) is 42.3 Å². The summed E-state index contributed by atoms with van der Waals surface area (Å²) in [7, 11) is 0. The van der Waals surface area contributed by atoms with Crippen molar-refractivity contribution in [2.45, 2.75) is 12.5 Å². The lowest BCUT2D eigenvalue weighted by atomic mass is 9.86. The molecule has 17 heavy (non-hydrogen) atoms. The van der Waals surface area contributed by atoms with Gasteiger partial charge in [-0.1, -0.05) is 35.9 Å². The third-order valence-electron chi connectivity index (χ3n) is 2.85. The molecule has 3 heteroatoms. The Kier molecular flexibility index (Phi) is 3.18. The molecule has 0 amide bonds. The molecule has 0 fully saturated rings. The molecule has 0 spiro atoms. The fourth-order valence-corrected chi connectivity index (χ4v) is 1.98. The van der Waals surface area contributed by atoms with Crippen molar-refractivity contribution in [2.75, 3.05) is 0 Å². The highest BCUT2D eigenvalue weighted by molar-refractivity contribution is 6.30. The number of halogens is 2. The van der Waals surface area contributed by atoms with Gasteiger partial charge in [0.2, 0.25) is 0 Å². The second kappa shape index (κ2) is 4.47. The van der Waals surface area contributed by atoms with Gasteiger partial charge in [-0.15, -0.1) is 0 Å². The van der Waals surface area contributed by atoms with Crippen LogP contribution >= 0.6 is 11.6 Å². The zero-order valence-corrected chi connectivity index (χ0v) is 10.2. The molecular weight excluding hydrogens is 237 g/mol. The van der Waals surface area contributed by atoms with Crippen LogP contribution in [0.3, 0.4) is 0 Å². The Morgan fingerprint density at radius 3 is 2.24 bits per heavy atom. The fraction of sp³-hybridized carbons (Fsp3) is 0.143. The molecule has 0 heterocycles. The summed E-state index contributed by atoms with van der Waals surface area (Å²) in [6.45, 7) is 1.84. The third-order valence-corrected chi connectivity index (χ3v) is 3.08.